The van der Waals surface area contributed by atoms with Crippen molar-refractivity contribution in [3.8, 4) is 0 Å². The lowest BCUT2D eigenvalue weighted by molar-refractivity contribution is 0.00641. The molecule has 1 aromatic carbocycles. The van der Waals surface area contributed by atoms with Crippen LogP contribution in [0, 0.1) is 10.6 Å². The fourth-order valence-electron chi connectivity index (χ4n) is 2.49. The van der Waals surface area contributed by atoms with Crippen LogP contribution in [0.1, 0.15) is 19.3 Å². The van der Waals surface area contributed by atoms with Crippen molar-refractivity contribution in [3.63, 3.8) is 0 Å². The molecule has 0 aliphatic carbocycles. The first-order valence-electron chi connectivity index (χ1n) is 6.34. The van der Waals surface area contributed by atoms with E-state index in [0.717, 1.165) is 37.0 Å². The van der Waals surface area contributed by atoms with Crippen molar-refractivity contribution < 1.29 is 9.13 Å². The number of H-pyrrole nitrogens is 1. The molecular formula is C13H14BrFN2OS. The quantitative estimate of drug-likeness (QED) is 0.828. The zero-order valence-electron chi connectivity index (χ0n) is 10.3. The number of ether oxygens (including phenoxy) is 1. The third-order valence-corrected chi connectivity index (χ3v) is 4.41. The molecule has 0 radical (unpaired) electrons. The molecule has 102 valence electrons. The molecule has 1 aromatic heterocycles. The lowest BCUT2D eigenvalue weighted by atomic mass is 10.1. The van der Waals surface area contributed by atoms with Gasteiger partial charge in [-0.05, 0) is 53.5 Å². The summed E-state index contributed by atoms with van der Waals surface area (Å²) in [6.07, 6.45) is 3.57. The van der Waals surface area contributed by atoms with Gasteiger partial charge in [0.1, 0.15) is 5.82 Å². The van der Waals surface area contributed by atoms with E-state index >= 15 is 0 Å². The van der Waals surface area contributed by atoms with E-state index < -0.39 is 0 Å². The summed E-state index contributed by atoms with van der Waals surface area (Å²) in [7, 11) is 0. The lowest BCUT2D eigenvalue weighted by Crippen LogP contribution is -2.24. The summed E-state index contributed by atoms with van der Waals surface area (Å²) in [5, 5.41) is 0. The van der Waals surface area contributed by atoms with Crippen LogP contribution in [-0.4, -0.2) is 22.3 Å². The summed E-state index contributed by atoms with van der Waals surface area (Å²) in [4.78, 5) is 3.05. The molecule has 1 fully saturated rings. The third kappa shape index (κ3) is 2.61. The fourth-order valence-corrected chi connectivity index (χ4v) is 3.10. The van der Waals surface area contributed by atoms with Gasteiger partial charge < -0.3 is 14.3 Å². The number of nitrogens with zero attached hydrogens (tertiary/aromatic N) is 1. The molecule has 0 saturated carbocycles. The van der Waals surface area contributed by atoms with Gasteiger partial charge in [0.25, 0.3) is 0 Å². The van der Waals surface area contributed by atoms with E-state index in [4.69, 9.17) is 17.0 Å². The number of hydrogen-bond donors (Lipinski definition) is 1. The Hall–Kier alpha value is -0.720. The maximum atomic E-state index is 13.5. The molecule has 6 heteroatoms. The summed E-state index contributed by atoms with van der Waals surface area (Å²) in [6.45, 7) is 1.54. The number of hydrogen-bond acceptors (Lipinski definition) is 2. The number of benzene rings is 1. The normalized spacial score (nSPS) is 20.0. The van der Waals surface area contributed by atoms with Crippen molar-refractivity contribution in [2.75, 3.05) is 6.61 Å². The predicted octanol–water partition coefficient (Wildman–Crippen LogP) is 4.17. The van der Waals surface area contributed by atoms with Crippen LogP contribution in [0.2, 0.25) is 0 Å². The molecule has 2 heterocycles. The first-order valence-corrected chi connectivity index (χ1v) is 7.54. The van der Waals surface area contributed by atoms with Crippen LogP contribution in [0.15, 0.2) is 16.6 Å². The Bertz CT molecular complexity index is 660. The van der Waals surface area contributed by atoms with Gasteiger partial charge in [-0.2, -0.15) is 0 Å². The van der Waals surface area contributed by atoms with Gasteiger partial charge in [0.2, 0.25) is 0 Å². The van der Waals surface area contributed by atoms with Crippen molar-refractivity contribution in [3.05, 3.63) is 27.2 Å². The summed E-state index contributed by atoms with van der Waals surface area (Å²) in [6, 6.07) is 3.23. The summed E-state index contributed by atoms with van der Waals surface area (Å²) in [5.41, 5.74) is 1.63. The SMILES string of the molecule is Fc1cc2[nH]c(=S)n(CC3CCCCO3)c2cc1Br. The second-order valence-corrected chi connectivity index (χ2v) is 6.05. The van der Waals surface area contributed by atoms with Crippen molar-refractivity contribution >= 4 is 39.2 Å². The summed E-state index contributed by atoms with van der Waals surface area (Å²) in [5.74, 6) is -0.287. The number of nitrogens with one attached hydrogen (secondary N) is 1. The molecular weight excluding hydrogens is 331 g/mol. The lowest BCUT2D eigenvalue weighted by Gasteiger charge is -2.23. The Kier molecular flexibility index (Phi) is 3.73. The smallest absolute Gasteiger partial charge is 0.178 e. The van der Waals surface area contributed by atoms with Crippen LogP contribution in [0.4, 0.5) is 4.39 Å². The zero-order valence-corrected chi connectivity index (χ0v) is 12.7. The second kappa shape index (κ2) is 5.34. The third-order valence-electron chi connectivity index (χ3n) is 3.48. The molecule has 1 unspecified atom stereocenters. The second-order valence-electron chi connectivity index (χ2n) is 4.81. The van der Waals surface area contributed by atoms with Crippen molar-refractivity contribution in [1.82, 2.24) is 9.55 Å². The molecule has 0 amide bonds. The number of halogens is 2. The average Bonchev–Trinajstić information content (AvgIpc) is 2.68. The van der Waals surface area contributed by atoms with Gasteiger partial charge in [-0.3, -0.25) is 0 Å². The minimum Gasteiger partial charge on any atom is -0.376 e. The van der Waals surface area contributed by atoms with Crippen LogP contribution in [0.3, 0.4) is 0 Å². The summed E-state index contributed by atoms with van der Waals surface area (Å²) >= 11 is 8.54. The van der Waals surface area contributed by atoms with Crippen LogP contribution in [0.5, 0.6) is 0 Å². The first-order chi connectivity index (χ1) is 9.15. The highest BCUT2D eigenvalue weighted by molar-refractivity contribution is 9.10. The molecule has 1 saturated heterocycles. The molecule has 0 bridgehead atoms. The molecule has 1 aliphatic heterocycles. The van der Waals surface area contributed by atoms with E-state index in [1.54, 1.807) is 6.07 Å². The Morgan fingerprint density at radius 3 is 3.05 bits per heavy atom. The summed E-state index contributed by atoms with van der Waals surface area (Å²) < 4.78 is 22.3. The standard InChI is InChI=1S/C13H14BrFN2OS/c14-9-5-12-11(6-10(9)15)16-13(19)17(12)7-8-3-1-2-4-18-8/h5-6,8H,1-4,7H2,(H,16,19). The highest BCUT2D eigenvalue weighted by Gasteiger charge is 2.17. The maximum Gasteiger partial charge on any atom is 0.178 e. The van der Waals surface area contributed by atoms with Crippen molar-refractivity contribution in [1.29, 1.82) is 0 Å². The van der Waals surface area contributed by atoms with Crippen LogP contribution in [0.25, 0.3) is 11.0 Å². The minimum absolute atomic E-state index is 0.197. The number of rotatable bonds is 2. The van der Waals surface area contributed by atoms with Crippen LogP contribution >= 0.6 is 28.1 Å². The van der Waals surface area contributed by atoms with Crippen molar-refractivity contribution in [2.45, 2.75) is 31.9 Å². The maximum absolute atomic E-state index is 13.5. The number of aromatic nitrogens is 2. The van der Waals surface area contributed by atoms with E-state index in [9.17, 15) is 4.39 Å². The topological polar surface area (TPSA) is 29.9 Å². The molecule has 0 spiro atoms. The van der Waals surface area contributed by atoms with E-state index in [1.807, 2.05) is 4.57 Å². The average molecular weight is 345 g/mol. The van der Waals surface area contributed by atoms with Gasteiger partial charge in [-0.15, -0.1) is 0 Å². The largest absolute Gasteiger partial charge is 0.376 e. The molecule has 2 aromatic rings. The highest BCUT2D eigenvalue weighted by atomic mass is 79.9. The predicted molar refractivity (Wildman–Crippen MR) is 78.4 cm³/mol. The molecule has 1 atom stereocenters. The molecule has 19 heavy (non-hydrogen) atoms. The number of imidazole rings is 1. The molecule has 1 aliphatic rings. The first kappa shape index (κ1) is 13.3. The van der Waals surface area contributed by atoms with E-state index in [1.165, 1.54) is 12.5 Å². The molecule has 3 nitrogen and oxygen atoms in total. The Balaban J connectivity index is 2.00. The van der Waals surface area contributed by atoms with E-state index in [-0.39, 0.29) is 11.9 Å². The van der Waals surface area contributed by atoms with Gasteiger partial charge in [-0.25, -0.2) is 4.39 Å². The highest BCUT2D eigenvalue weighted by Crippen LogP contribution is 2.24. The monoisotopic (exact) mass is 344 g/mol. The van der Waals surface area contributed by atoms with Crippen molar-refractivity contribution in [2.24, 2.45) is 0 Å². The zero-order chi connectivity index (χ0) is 13.4. The van der Waals surface area contributed by atoms with Gasteiger partial charge >= 0.3 is 0 Å². The molecule has 3 rings (SSSR count). The molecule has 1 N–H and O–H groups in total. The Morgan fingerprint density at radius 2 is 2.32 bits per heavy atom. The number of aromatic amines is 1. The van der Waals surface area contributed by atoms with Gasteiger partial charge in [0.15, 0.2) is 4.77 Å². The Labute approximate surface area is 123 Å². The van der Waals surface area contributed by atoms with Gasteiger partial charge in [-0.1, -0.05) is 0 Å². The van der Waals surface area contributed by atoms with E-state index in [0.29, 0.717) is 9.24 Å². The fraction of sp³-hybridized carbons (Fsp3) is 0.462. The van der Waals surface area contributed by atoms with Crippen LogP contribution in [-0.2, 0) is 11.3 Å². The van der Waals surface area contributed by atoms with Crippen LogP contribution < -0.4 is 0 Å². The number of fused-ring (bicyclic) bond motifs is 1. The van der Waals surface area contributed by atoms with Gasteiger partial charge in [0, 0.05) is 12.7 Å². The minimum atomic E-state index is -0.287. The van der Waals surface area contributed by atoms with E-state index in [2.05, 4.69) is 20.9 Å². The van der Waals surface area contributed by atoms with Gasteiger partial charge in [0.05, 0.1) is 28.2 Å². The Morgan fingerprint density at radius 1 is 1.47 bits per heavy atom.